The molecule has 100 valence electrons. The monoisotopic (exact) mass is 264 g/mol. The van der Waals surface area contributed by atoms with E-state index in [1.54, 1.807) is 0 Å². The lowest BCUT2D eigenvalue weighted by Gasteiger charge is -2.34. The summed E-state index contributed by atoms with van der Waals surface area (Å²) in [6.45, 7) is 0. The van der Waals surface area contributed by atoms with Crippen molar-refractivity contribution in [2.24, 2.45) is 5.73 Å². The molecule has 0 saturated carbocycles. The van der Waals surface area contributed by atoms with Crippen molar-refractivity contribution in [2.45, 2.75) is 6.04 Å². The average Bonchev–Trinajstić information content (AvgIpc) is 2.47. The van der Waals surface area contributed by atoms with Crippen LogP contribution < -0.4 is 10.6 Å². The minimum absolute atomic E-state index is 0.336. The summed E-state index contributed by atoms with van der Waals surface area (Å²) in [7, 11) is 1.91. The highest BCUT2D eigenvalue weighted by Gasteiger charge is 2.30. The number of primary amides is 1. The lowest BCUT2D eigenvalue weighted by Crippen LogP contribution is -2.45. The standard InChI is InChI=1S/C17H16N2O/c1-19-15-10-6-5-9-13(15)11-14(16(19)17(18)20)12-7-3-2-4-8-12/h2-11,16H,1H3,(H2,18,20). The molecule has 0 bridgehead atoms. The SMILES string of the molecule is CN1c2ccccc2C=C(c2ccccc2)C1C(N)=O. The number of nitrogens with two attached hydrogens (primary N) is 1. The van der Waals surface area contributed by atoms with Gasteiger partial charge in [-0.3, -0.25) is 4.79 Å². The van der Waals surface area contributed by atoms with Crippen molar-refractivity contribution < 1.29 is 4.79 Å². The van der Waals surface area contributed by atoms with Crippen LogP contribution in [-0.2, 0) is 4.79 Å². The number of hydrogen-bond acceptors (Lipinski definition) is 2. The third-order valence-electron chi connectivity index (χ3n) is 3.69. The molecule has 0 fully saturated rings. The number of rotatable bonds is 2. The quantitative estimate of drug-likeness (QED) is 0.906. The maximum absolute atomic E-state index is 11.9. The topological polar surface area (TPSA) is 46.3 Å². The lowest BCUT2D eigenvalue weighted by molar-refractivity contribution is -0.118. The fourth-order valence-electron chi connectivity index (χ4n) is 2.74. The molecule has 1 heterocycles. The minimum atomic E-state index is -0.438. The second kappa shape index (κ2) is 4.85. The van der Waals surface area contributed by atoms with E-state index >= 15 is 0 Å². The van der Waals surface area contributed by atoms with E-state index in [2.05, 4.69) is 6.08 Å². The first-order chi connectivity index (χ1) is 9.68. The second-order valence-electron chi connectivity index (χ2n) is 4.94. The number of amides is 1. The molecule has 0 aliphatic carbocycles. The van der Waals surface area contributed by atoms with E-state index in [4.69, 9.17) is 5.73 Å². The van der Waals surface area contributed by atoms with E-state index in [9.17, 15) is 4.79 Å². The highest BCUT2D eigenvalue weighted by atomic mass is 16.1. The number of benzene rings is 2. The summed E-state index contributed by atoms with van der Waals surface area (Å²) in [5, 5.41) is 0. The van der Waals surface area contributed by atoms with E-state index in [0.29, 0.717) is 0 Å². The van der Waals surface area contributed by atoms with Crippen LogP contribution in [0.25, 0.3) is 11.6 Å². The van der Waals surface area contributed by atoms with Crippen LogP contribution in [0.4, 0.5) is 5.69 Å². The predicted molar refractivity (Wildman–Crippen MR) is 82.1 cm³/mol. The Morgan fingerprint density at radius 1 is 1.05 bits per heavy atom. The molecule has 3 rings (SSSR count). The highest BCUT2D eigenvalue weighted by molar-refractivity contribution is 6.06. The van der Waals surface area contributed by atoms with Gasteiger partial charge >= 0.3 is 0 Å². The van der Waals surface area contributed by atoms with E-state index in [-0.39, 0.29) is 5.91 Å². The number of hydrogen-bond donors (Lipinski definition) is 1. The Balaban J connectivity index is 2.20. The van der Waals surface area contributed by atoms with Gasteiger partial charge in [0.25, 0.3) is 0 Å². The molecule has 1 unspecified atom stereocenters. The predicted octanol–water partition coefficient (Wildman–Crippen LogP) is 2.53. The van der Waals surface area contributed by atoms with Gasteiger partial charge < -0.3 is 10.6 Å². The first kappa shape index (κ1) is 12.5. The molecule has 3 heteroatoms. The molecular weight excluding hydrogens is 248 g/mol. The van der Waals surface area contributed by atoms with Gasteiger partial charge in [-0.2, -0.15) is 0 Å². The van der Waals surface area contributed by atoms with Crippen molar-refractivity contribution in [1.29, 1.82) is 0 Å². The molecule has 1 aliphatic heterocycles. The third-order valence-corrected chi connectivity index (χ3v) is 3.69. The Morgan fingerprint density at radius 2 is 1.70 bits per heavy atom. The molecule has 2 aromatic rings. The van der Waals surface area contributed by atoms with Crippen molar-refractivity contribution in [1.82, 2.24) is 0 Å². The Kier molecular flexibility index (Phi) is 3.03. The first-order valence-electron chi connectivity index (χ1n) is 6.56. The van der Waals surface area contributed by atoms with Crippen LogP contribution in [0.2, 0.25) is 0 Å². The Bertz CT molecular complexity index is 676. The van der Waals surface area contributed by atoms with Crippen LogP contribution in [-0.4, -0.2) is 19.0 Å². The summed E-state index contributed by atoms with van der Waals surface area (Å²) in [5.41, 5.74) is 9.72. The maximum Gasteiger partial charge on any atom is 0.244 e. The largest absolute Gasteiger partial charge is 0.368 e. The van der Waals surface area contributed by atoms with Crippen molar-refractivity contribution >= 4 is 23.2 Å². The summed E-state index contributed by atoms with van der Waals surface area (Å²) >= 11 is 0. The summed E-state index contributed by atoms with van der Waals surface area (Å²) in [6, 6.07) is 17.5. The molecule has 2 N–H and O–H groups in total. The van der Waals surface area contributed by atoms with E-state index < -0.39 is 6.04 Å². The average molecular weight is 264 g/mol. The molecule has 1 atom stereocenters. The summed E-state index contributed by atoms with van der Waals surface area (Å²) < 4.78 is 0. The van der Waals surface area contributed by atoms with Gasteiger partial charge in [0.2, 0.25) is 5.91 Å². The number of carbonyl (C=O) groups excluding carboxylic acids is 1. The zero-order chi connectivity index (χ0) is 14.1. The summed E-state index contributed by atoms with van der Waals surface area (Å²) in [6.07, 6.45) is 2.06. The molecule has 20 heavy (non-hydrogen) atoms. The smallest absolute Gasteiger partial charge is 0.244 e. The molecular formula is C17H16N2O. The van der Waals surface area contributed by atoms with Gasteiger partial charge in [0.15, 0.2) is 0 Å². The van der Waals surface area contributed by atoms with Crippen LogP contribution >= 0.6 is 0 Å². The van der Waals surface area contributed by atoms with E-state index in [1.165, 1.54) is 0 Å². The second-order valence-corrected chi connectivity index (χ2v) is 4.94. The Hall–Kier alpha value is -2.55. The van der Waals surface area contributed by atoms with Crippen LogP contribution in [0.5, 0.6) is 0 Å². The zero-order valence-electron chi connectivity index (χ0n) is 11.3. The van der Waals surface area contributed by atoms with Gasteiger partial charge in [0, 0.05) is 12.7 Å². The number of carbonyl (C=O) groups is 1. The van der Waals surface area contributed by atoms with Crippen LogP contribution in [0.3, 0.4) is 0 Å². The fourth-order valence-corrected chi connectivity index (χ4v) is 2.74. The molecule has 1 aliphatic rings. The Morgan fingerprint density at radius 3 is 2.40 bits per heavy atom. The van der Waals surface area contributed by atoms with Crippen molar-refractivity contribution in [3.63, 3.8) is 0 Å². The van der Waals surface area contributed by atoms with Crippen molar-refractivity contribution in [2.75, 3.05) is 11.9 Å². The molecule has 0 spiro atoms. The molecule has 0 saturated heterocycles. The van der Waals surface area contributed by atoms with Gasteiger partial charge in [-0.05, 0) is 28.8 Å². The fraction of sp³-hybridized carbons (Fsp3) is 0.118. The van der Waals surface area contributed by atoms with Gasteiger partial charge in [-0.1, -0.05) is 48.5 Å². The van der Waals surface area contributed by atoms with Crippen LogP contribution in [0, 0.1) is 0 Å². The Labute approximate surface area is 118 Å². The first-order valence-corrected chi connectivity index (χ1v) is 6.56. The maximum atomic E-state index is 11.9. The number of anilines is 1. The lowest BCUT2D eigenvalue weighted by atomic mass is 9.90. The molecule has 2 aromatic carbocycles. The number of para-hydroxylation sites is 1. The summed E-state index contributed by atoms with van der Waals surface area (Å²) in [4.78, 5) is 13.8. The van der Waals surface area contributed by atoms with Gasteiger partial charge in [-0.15, -0.1) is 0 Å². The normalized spacial score (nSPS) is 17.4. The number of fused-ring (bicyclic) bond motifs is 1. The van der Waals surface area contributed by atoms with Crippen molar-refractivity contribution in [3.05, 3.63) is 65.7 Å². The number of likely N-dealkylation sites (N-methyl/N-ethyl adjacent to an activating group) is 1. The van der Waals surface area contributed by atoms with Gasteiger partial charge in [0.1, 0.15) is 6.04 Å². The van der Waals surface area contributed by atoms with Crippen LogP contribution in [0.15, 0.2) is 54.6 Å². The molecule has 3 nitrogen and oxygen atoms in total. The molecule has 0 aromatic heterocycles. The molecule has 1 amide bonds. The van der Waals surface area contributed by atoms with Crippen LogP contribution in [0.1, 0.15) is 11.1 Å². The van der Waals surface area contributed by atoms with Gasteiger partial charge in [-0.25, -0.2) is 0 Å². The third kappa shape index (κ3) is 1.97. The minimum Gasteiger partial charge on any atom is -0.368 e. The molecule has 0 radical (unpaired) electrons. The zero-order valence-corrected chi connectivity index (χ0v) is 11.3. The number of nitrogens with zero attached hydrogens (tertiary/aromatic N) is 1. The highest BCUT2D eigenvalue weighted by Crippen LogP contribution is 2.35. The van der Waals surface area contributed by atoms with Crippen molar-refractivity contribution in [3.8, 4) is 0 Å². The van der Waals surface area contributed by atoms with Gasteiger partial charge in [0.05, 0.1) is 0 Å². The summed E-state index contributed by atoms with van der Waals surface area (Å²) in [5.74, 6) is -0.336. The van der Waals surface area contributed by atoms with E-state index in [1.807, 2.05) is 66.5 Å². The van der Waals surface area contributed by atoms with E-state index in [0.717, 1.165) is 22.4 Å².